The van der Waals surface area contributed by atoms with Crippen molar-refractivity contribution in [3.8, 4) is 5.75 Å². The normalized spacial score (nSPS) is 11.3. The highest BCUT2D eigenvalue weighted by atomic mass is 28.3. The molecule has 0 aromatic heterocycles. The summed E-state index contributed by atoms with van der Waals surface area (Å²) in [5.74, 6) is 0.932. The second-order valence-electron chi connectivity index (χ2n) is 5.96. The van der Waals surface area contributed by atoms with Gasteiger partial charge in [-0.2, -0.15) is 0 Å². The first-order chi connectivity index (χ1) is 10.6. The van der Waals surface area contributed by atoms with Crippen LogP contribution in [-0.2, 0) is 0 Å². The van der Waals surface area contributed by atoms with Crippen LogP contribution in [0.15, 0.2) is 48.5 Å². The Morgan fingerprint density at radius 3 is 1.64 bits per heavy atom. The molecule has 0 bridgehead atoms. The summed E-state index contributed by atoms with van der Waals surface area (Å²) in [6, 6.07) is 20.3. The Balaban J connectivity index is 2.46. The Morgan fingerprint density at radius 2 is 1.27 bits per heavy atom. The second-order valence-corrected chi connectivity index (χ2v) is 10.7. The summed E-state index contributed by atoms with van der Waals surface area (Å²) in [6.45, 7) is 4.67. The average molecular weight is 314 g/mol. The van der Waals surface area contributed by atoms with Crippen LogP contribution in [0.3, 0.4) is 0 Å². The van der Waals surface area contributed by atoms with Gasteiger partial charge in [0.05, 0.1) is 7.11 Å². The highest BCUT2D eigenvalue weighted by Crippen LogP contribution is 2.19. The molecule has 0 fully saturated rings. The fourth-order valence-corrected chi connectivity index (χ4v) is 7.30. The largest absolute Gasteiger partial charge is 0.497 e. The lowest BCUT2D eigenvalue weighted by Gasteiger charge is -2.31. The van der Waals surface area contributed by atoms with Crippen LogP contribution in [0.2, 0.25) is 12.1 Å². The van der Waals surface area contributed by atoms with Crippen molar-refractivity contribution in [2.24, 2.45) is 0 Å². The van der Waals surface area contributed by atoms with Crippen molar-refractivity contribution < 1.29 is 4.74 Å². The number of benzene rings is 2. The summed E-state index contributed by atoms with van der Waals surface area (Å²) in [6.07, 6.45) is 0. The summed E-state index contributed by atoms with van der Waals surface area (Å²) in [5.41, 5.74) is 1.26. The number of hydrogen-bond acceptors (Lipinski definition) is 2. The quantitative estimate of drug-likeness (QED) is 0.758. The van der Waals surface area contributed by atoms with E-state index in [2.05, 4.69) is 81.4 Å². The summed E-state index contributed by atoms with van der Waals surface area (Å²) in [7, 11) is 4.23. The molecule has 0 spiro atoms. The molecule has 0 heterocycles. The standard InChI is InChI=1S/C19H27NOSi/c1-6-22(7-2,19-14-10-17(21-5)11-15-19)18-12-8-16(9-13-18)20(3)4/h8-15H,6-7H2,1-5H3. The van der Waals surface area contributed by atoms with Crippen LogP contribution in [0.4, 0.5) is 5.69 Å². The van der Waals surface area contributed by atoms with E-state index in [1.807, 2.05) is 0 Å². The minimum atomic E-state index is -1.66. The van der Waals surface area contributed by atoms with Gasteiger partial charge >= 0.3 is 0 Å². The maximum Gasteiger partial charge on any atom is 0.118 e. The van der Waals surface area contributed by atoms with Crippen LogP contribution in [-0.4, -0.2) is 29.3 Å². The van der Waals surface area contributed by atoms with Crippen LogP contribution in [0.5, 0.6) is 5.75 Å². The van der Waals surface area contributed by atoms with Crippen LogP contribution in [0.1, 0.15) is 13.8 Å². The number of anilines is 1. The average Bonchev–Trinajstić information content (AvgIpc) is 2.57. The van der Waals surface area contributed by atoms with E-state index in [1.54, 1.807) is 7.11 Å². The van der Waals surface area contributed by atoms with E-state index >= 15 is 0 Å². The first-order valence-corrected chi connectivity index (χ1v) is 10.4. The van der Waals surface area contributed by atoms with E-state index in [0.717, 1.165) is 5.75 Å². The van der Waals surface area contributed by atoms with Gasteiger partial charge in [0.15, 0.2) is 0 Å². The molecule has 0 atom stereocenters. The van der Waals surface area contributed by atoms with Crippen molar-refractivity contribution in [2.45, 2.75) is 25.9 Å². The first kappa shape index (κ1) is 16.6. The van der Waals surface area contributed by atoms with Gasteiger partial charge in [0, 0.05) is 19.8 Å². The molecule has 2 rings (SSSR count). The van der Waals surface area contributed by atoms with Gasteiger partial charge in [-0.05, 0) is 24.3 Å². The third-order valence-electron chi connectivity index (χ3n) is 4.79. The number of ether oxygens (including phenoxy) is 1. The van der Waals surface area contributed by atoms with E-state index in [4.69, 9.17) is 4.74 Å². The zero-order valence-corrected chi connectivity index (χ0v) is 15.4. The van der Waals surface area contributed by atoms with Gasteiger partial charge in [-0.1, -0.05) is 60.6 Å². The minimum Gasteiger partial charge on any atom is -0.497 e. The van der Waals surface area contributed by atoms with Gasteiger partial charge in [0.2, 0.25) is 0 Å². The van der Waals surface area contributed by atoms with E-state index in [0.29, 0.717) is 0 Å². The molecule has 2 aromatic rings. The predicted molar refractivity (Wildman–Crippen MR) is 99.7 cm³/mol. The molecule has 0 saturated carbocycles. The van der Waals surface area contributed by atoms with E-state index in [-0.39, 0.29) is 0 Å². The number of methoxy groups -OCH3 is 1. The topological polar surface area (TPSA) is 12.5 Å². The van der Waals surface area contributed by atoms with Gasteiger partial charge in [0.25, 0.3) is 0 Å². The zero-order chi connectivity index (χ0) is 16.2. The van der Waals surface area contributed by atoms with Crippen molar-refractivity contribution in [1.29, 1.82) is 0 Å². The SMILES string of the molecule is CC[Si](CC)(c1ccc(OC)cc1)c1ccc(N(C)C)cc1. The molecule has 0 N–H and O–H groups in total. The Bertz CT molecular complexity index is 586. The molecule has 2 nitrogen and oxygen atoms in total. The number of hydrogen-bond donors (Lipinski definition) is 0. The molecule has 0 unspecified atom stereocenters. The summed E-state index contributed by atoms with van der Waals surface area (Å²) in [5, 5.41) is 3.02. The number of rotatable bonds is 6. The third-order valence-corrected chi connectivity index (χ3v) is 10.1. The van der Waals surface area contributed by atoms with Crippen LogP contribution < -0.4 is 20.0 Å². The monoisotopic (exact) mass is 313 g/mol. The molecular formula is C19H27NOSi. The molecule has 22 heavy (non-hydrogen) atoms. The van der Waals surface area contributed by atoms with Crippen LogP contribution in [0.25, 0.3) is 0 Å². The summed E-state index contributed by atoms with van der Waals surface area (Å²) < 4.78 is 5.31. The van der Waals surface area contributed by atoms with Crippen LogP contribution in [0, 0.1) is 0 Å². The summed E-state index contributed by atoms with van der Waals surface area (Å²) in [4.78, 5) is 2.15. The molecule has 0 aliphatic rings. The van der Waals surface area contributed by atoms with Gasteiger partial charge in [-0.15, -0.1) is 0 Å². The van der Waals surface area contributed by atoms with Crippen molar-refractivity contribution in [2.75, 3.05) is 26.1 Å². The zero-order valence-electron chi connectivity index (χ0n) is 14.4. The highest BCUT2D eigenvalue weighted by Gasteiger charge is 2.33. The molecule has 0 radical (unpaired) electrons. The molecule has 0 amide bonds. The number of nitrogens with zero attached hydrogens (tertiary/aromatic N) is 1. The van der Waals surface area contributed by atoms with Gasteiger partial charge < -0.3 is 9.64 Å². The highest BCUT2D eigenvalue weighted by molar-refractivity contribution is 7.02. The second kappa shape index (κ2) is 7.01. The fraction of sp³-hybridized carbons (Fsp3) is 0.368. The minimum absolute atomic E-state index is 0.932. The Labute approximate surface area is 135 Å². The third kappa shape index (κ3) is 3.04. The van der Waals surface area contributed by atoms with Crippen molar-refractivity contribution in [3.63, 3.8) is 0 Å². The lowest BCUT2D eigenvalue weighted by Crippen LogP contribution is -2.57. The van der Waals surface area contributed by atoms with Crippen molar-refractivity contribution in [1.82, 2.24) is 0 Å². The Morgan fingerprint density at radius 1 is 0.818 bits per heavy atom. The van der Waals surface area contributed by atoms with Gasteiger partial charge in [-0.25, -0.2) is 0 Å². The van der Waals surface area contributed by atoms with Crippen molar-refractivity contribution in [3.05, 3.63) is 48.5 Å². The summed E-state index contributed by atoms with van der Waals surface area (Å²) >= 11 is 0. The fourth-order valence-electron chi connectivity index (χ4n) is 3.22. The van der Waals surface area contributed by atoms with Gasteiger partial charge in [0.1, 0.15) is 13.8 Å². The molecule has 3 heteroatoms. The van der Waals surface area contributed by atoms with Gasteiger partial charge in [-0.3, -0.25) is 0 Å². The molecule has 2 aromatic carbocycles. The van der Waals surface area contributed by atoms with E-state index < -0.39 is 8.07 Å². The van der Waals surface area contributed by atoms with E-state index in [9.17, 15) is 0 Å². The molecule has 0 saturated heterocycles. The van der Waals surface area contributed by atoms with E-state index in [1.165, 1.54) is 28.1 Å². The lowest BCUT2D eigenvalue weighted by molar-refractivity contribution is 0.415. The van der Waals surface area contributed by atoms with Crippen LogP contribution >= 0.6 is 0 Å². The Hall–Kier alpha value is -1.74. The smallest absolute Gasteiger partial charge is 0.118 e. The van der Waals surface area contributed by atoms with Crippen molar-refractivity contribution >= 4 is 24.1 Å². The maximum atomic E-state index is 5.31. The molecule has 0 aliphatic heterocycles. The maximum absolute atomic E-state index is 5.31. The first-order valence-electron chi connectivity index (χ1n) is 7.99. The molecule has 118 valence electrons. The lowest BCUT2D eigenvalue weighted by atomic mass is 10.3. The molecule has 0 aliphatic carbocycles. The molecular weight excluding hydrogens is 286 g/mol. The predicted octanol–water partition coefficient (Wildman–Crippen LogP) is 3.36. The Kier molecular flexibility index (Phi) is 5.30.